The number of hydrogen-bond acceptors (Lipinski definition) is 4. The summed E-state index contributed by atoms with van der Waals surface area (Å²) in [6, 6.07) is 0. The smallest absolute Gasteiger partial charge is 0.0589 e. The Balaban J connectivity index is 0.00000117. The van der Waals surface area contributed by atoms with Crippen molar-refractivity contribution in [3.05, 3.63) is 0 Å². The maximum atomic E-state index is 5.21. The molecule has 0 amide bonds. The van der Waals surface area contributed by atoms with Crippen molar-refractivity contribution in [2.24, 2.45) is 17.8 Å². The molecule has 3 aliphatic rings. The fourth-order valence-electron chi connectivity index (χ4n) is 4.97. The van der Waals surface area contributed by atoms with Crippen molar-refractivity contribution < 1.29 is 4.74 Å². The van der Waals surface area contributed by atoms with Crippen LogP contribution in [0.15, 0.2) is 0 Å². The molecule has 4 nitrogen and oxygen atoms in total. The Morgan fingerprint density at radius 2 is 1.31 bits per heavy atom. The van der Waals surface area contributed by atoms with E-state index in [0.717, 1.165) is 30.9 Å². The van der Waals surface area contributed by atoms with E-state index in [1.807, 2.05) is 21.0 Å². The molecule has 0 atom stereocenters. The third-order valence-corrected chi connectivity index (χ3v) is 6.67. The van der Waals surface area contributed by atoms with E-state index in [1.165, 1.54) is 90.8 Å². The highest BCUT2D eigenvalue weighted by Crippen LogP contribution is 2.30. The average Bonchev–Trinajstić information content (AvgIpc) is 2.71. The predicted molar refractivity (Wildman–Crippen MR) is 112 cm³/mol. The molecular formula is C22H45N3O. The number of nitrogens with one attached hydrogen (secondary N) is 1. The van der Waals surface area contributed by atoms with Crippen LogP contribution in [0, 0.1) is 17.8 Å². The lowest BCUT2D eigenvalue weighted by atomic mass is 9.82. The molecule has 0 saturated carbocycles. The second-order valence-corrected chi connectivity index (χ2v) is 8.45. The number of likely N-dealkylation sites (tertiary alicyclic amines) is 2. The summed E-state index contributed by atoms with van der Waals surface area (Å²) in [5.41, 5.74) is 0. The summed E-state index contributed by atoms with van der Waals surface area (Å²) >= 11 is 0. The van der Waals surface area contributed by atoms with Crippen LogP contribution < -0.4 is 5.32 Å². The number of methoxy groups -OCH3 is 1. The van der Waals surface area contributed by atoms with E-state index < -0.39 is 0 Å². The van der Waals surface area contributed by atoms with Gasteiger partial charge in [0.15, 0.2) is 0 Å². The normalized spacial score (nSPS) is 25.0. The molecule has 3 saturated heterocycles. The fraction of sp³-hybridized carbons (Fsp3) is 1.00. The Hall–Kier alpha value is -0.160. The van der Waals surface area contributed by atoms with E-state index in [2.05, 4.69) is 15.1 Å². The summed E-state index contributed by atoms with van der Waals surface area (Å²) in [6.45, 7) is 15.2. The molecule has 3 aliphatic heterocycles. The lowest BCUT2D eigenvalue weighted by Gasteiger charge is -2.38. The summed E-state index contributed by atoms with van der Waals surface area (Å²) in [6.07, 6.45) is 10.0. The number of ether oxygens (including phenoxy) is 1. The summed E-state index contributed by atoms with van der Waals surface area (Å²) < 4.78 is 5.21. The van der Waals surface area contributed by atoms with E-state index in [1.54, 1.807) is 0 Å². The molecule has 0 radical (unpaired) electrons. The number of rotatable bonds is 7. The number of nitrogens with zero attached hydrogens (tertiary/aromatic N) is 2. The van der Waals surface area contributed by atoms with Gasteiger partial charge in [0.05, 0.1) is 6.61 Å². The fourth-order valence-corrected chi connectivity index (χ4v) is 4.97. The quantitative estimate of drug-likeness (QED) is 0.746. The van der Waals surface area contributed by atoms with Gasteiger partial charge in [0.1, 0.15) is 0 Å². The van der Waals surface area contributed by atoms with Gasteiger partial charge in [0.2, 0.25) is 0 Å². The monoisotopic (exact) mass is 367 g/mol. The minimum Gasteiger partial charge on any atom is -0.383 e. The molecule has 0 spiro atoms. The summed E-state index contributed by atoms with van der Waals surface area (Å²) in [5, 5.41) is 3.49. The lowest BCUT2D eigenvalue weighted by Crippen LogP contribution is -2.41. The molecule has 1 N–H and O–H groups in total. The van der Waals surface area contributed by atoms with Crippen LogP contribution in [-0.2, 0) is 4.74 Å². The van der Waals surface area contributed by atoms with Crippen molar-refractivity contribution in [2.45, 2.75) is 58.8 Å². The Morgan fingerprint density at radius 3 is 1.85 bits per heavy atom. The van der Waals surface area contributed by atoms with Gasteiger partial charge >= 0.3 is 0 Å². The molecule has 0 unspecified atom stereocenters. The topological polar surface area (TPSA) is 27.7 Å². The Labute approximate surface area is 163 Å². The molecule has 0 aromatic carbocycles. The van der Waals surface area contributed by atoms with E-state index in [9.17, 15) is 0 Å². The van der Waals surface area contributed by atoms with Gasteiger partial charge in [-0.3, -0.25) is 0 Å². The molecule has 26 heavy (non-hydrogen) atoms. The van der Waals surface area contributed by atoms with Crippen LogP contribution in [0.5, 0.6) is 0 Å². The van der Waals surface area contributed by atoms with Crippen LogP contribution in [0.2, 0.25) is 0 Å². The van der Waals surface area contributed by atoms with Crippen LogP contribution in [0.4, 0.5) is 0 Å². The maximum absolute atomic E-state index is 5.21. The van der Waals surface area contributed by atoms with E-state index in [0.29, 0.717) is 0 Å². The van der Waals surface area contributed by atoms with Gasteiger partial charge < -0.3 is 19.9 Å². The van der Waals surface area contributed by atoms with Crippen molar-refractivity contribution in [3.63, 3.8) is 0 Å². The van der Waals surface area contributed by atoms with E-state index in [-0.39, 0.29) is 0 Å². The van der Waals surface area contributed by atoms with Gasteiger partial charge in [0, 0.05) is 20.2 Å². The zero-order valence-corrected chi connectivity index (χ0v) is 17.8. The van der Waals surface area contributed by atoms with Gasteiger partial charge in [-0.15, -0.1) is 0 Å². The van der Waals surface area contributed by atoms with Crippen molar-refractivity contribution in [1.82, 2.24) is 15.1 Å². The molecule has 3 rings (SSSR count). The lowest BCUT2D eigenvalue weighted by molar-refractivity contribution is 0.101. The first-order chi connectivity index (χ1) is 12.8. The van der Waals surface area contributed by atoms with Crippen molar-refractivity contribution >= 4 is 0 Å². The Morgan fingerprint density at radius 1 is 0.769 bits per heavy atom. The summed E-state index contributed by atoms with van der Waals surface area (Å²) in [5.74, 6) is 2.95. The first kappa shape index (κ1) is 22.1. The van der Waals surface area contributed by atoms with Crippen molar-refractivity contribution in [2.75, 3.05) is 66.1 Å². The summed E-state index contributed by atoms with van der Waals surface area (Å²) in [4.78, 5) is 5.35. The molecule has 0 aliphatic carbocycles. The second kappa shape index (κ2) is 13.1. The highest BCUT2D eigenvalue weighted by molar-refractivity contribution is 4.80. The molecule has 0 aromatic heterocycles. The van der Waals surface area contributed by atoms with Crippen LogP contribution in [0.1, 0.15) is 58.8 Å². The molecular weight excluding hydrogens is 322 g/mol. The van der Waals surface area contributed by atoms with E-state index in [4.69, 9.17) is 4.74 Å². The molecule has 3 heterocycles. The second-order valence-electron chi connectivity index (χ2n) is 8.45. The van der Waals surface area contributed by atoms with E-state index >= 15 is 0 Å². The number of hydrogen-bond donors (Lipinski definition) is 1. The third-order valence-electron chi connectivity index (χ3n) is 6.67. The molecule has 0 bridgehead atoms. The van der Waals surface area contributed by atoms with Crippen LogP contribution in [0.25, 0.3) is 0 Å². The van der Waals surface area contributed by atoms with Crippen LogP contribution in [-0.4, -0.2) is 75.9 Å². The Bertz CT molecular complexity index is 330. The molecule has 4 heteroatoms. The number of piperidine rings is 3. The third kappa shape index (κ3) is 7.84. The molecule has 0 aromatic rings. The molecule has 3 fully saturated rings. The first-order valence-corrected chi connectivity index (χ1v) is 11.5. The first-order valence-electron chi connectivity index (χ1n) is 11.5. The minimum absolute atomic E-state index is 0.889. The zero-order valence-electron chi connectivity index (χ0n) is 17.8. The van der Waals surface area contributed by atoms with Gasteiger partial charge in [-0.05, 0) is 102 Å². The minimum atomic E-state index is 0.889. The maximum Gasteiger partial charge on any atom is 0.0589 e. The molecule has 154 valence electrons. The highest BCUT2D eigenvalue weighted by atomic mass is 16.5. The largest absolute Gasteiger partial charge is 0.383 e. The van der Waals surface area contributed by atoms with Gasteiger partial charge in [-0.1, -0.05) is 13.8 Å². The van der Waals surface area contributed by atoms with Crippen LogP contribution in [0.3, 0.4) is 0 Å². The average molecular weight is 368 g/mol. The Kier molecular flexibility index (Phi) is 11.1. The highest BCUT2D eigenvalue weighted by Gasteiger charge is 2.26. The van der Waals surface area contributed by atoms with Gasteiger partial charge in [-0.25, -0.2) is 0 Å². The predicted octanol–water partition coefficient (Wildman–Crippen LogP) is 3.47. The van der Waals surface area contributed by atoms with Gasteiger partial charge in [0.25, 0.3) is 0 Å². The SMILES string of the molecule is CC.COCCN1CCC(CC2CCN(CC3CCNCC3)CC2)CC1. The van der Waals surface area contributed by atoms with Crippen molar-refractivity contribution in [3.8, 4) is 0 Å². The standard InChI is InChI=1S/C20H39N3O.C2H6/c1-24-15-14-22-10-4-18(5-11-22)16-19-6-12-23(13-7-19)17-20-2-8-21-9-3-20;1-2/h18-21H,2-17H2,1H3;1-2H3. The zero-order chi connectivity index (χ0) is 18.6. The van der Waals surface area contributed by atoms with Crippen LogP contribution >= 0.6 is 0 Å². The van der Waals surface area contributed by atoms with Crippen molar-refractivity contribution in [1.29, 1.82) is 0 Å². The van der Waals surface area contributed by atoms with Gasteiger partial charge in [-0.2, -0.15) is 0 Å². The summed E-state index contributed by atoms with van der Waals surface area (Å²) in [7, 11) is 1.81.